The Morgan fingerprint density at radius 1 is 1.37 bits per heavy atom. The van der Waals surface area contributed by atoms with E-state index in [0.29, 0.717) is 0 Å². The predicted molar refractivity (Wildman–Crippen MR) is 81.0 cm³/mol. The van der Waals surface area contributed by atoms with E-state index in [4.69, 9.17) is 0 Å². The van der Waals surface area contributed by atoms with Crippen molar-refractivity contribution < 1.29 is 0 Å². The van der Waals surface area contributed by atoms with Gasteiger partial charge in [0.25, 0.3) is 0 Å². The minimum absolute atomic E-state index is 0.345. The van der Waals surface area contributed by atoms with Crippen LogP contribution in [0, 0.1) is 17.2 Å². The smallest absolute Gasteiger partial charge is 0.103 e. The van der Waals surface area contributed by atoms with Crippen LogP contribution < -0.4 is 5.32 Å². The van der Waals surface area contributed by atoms with Crippen molar-refractivity contribution in [3.05, 3.63) is 0 Å². The highest BCUT2D eigenvalue weighted by Gasteiger charge is 2.29. The molecule has 0 radical (unpaired) electrons. The Morgan fingerprint density at radius 2 is 2.05 bits per heavy atom. The number of nitrogens with zero attached hydrogens (tertiary/aromatic N) is 2. The lowest BCUT2D eigenvalue weighted by Gasteiger charge is -2.26. The fraction of sp³-hybridized carbons (Fsp3) is 0.938. The SMILES string of the molecule is CCNC(C)(C#N)CCCN(CCC(C)C)C1CC1. The third kappa shape index (κ3) is 6.40. The first-order chi connectivity index (χ1) is 9.00. The highest BCUT2D eigenvalue weighted by molar-refractivity contribution is 5.03. The third-order valence-electron chi connectivity index (χ3n) is 3.99. The number of nitriles is 1. The summed E-state index contributed by atoms with van der Waals surface area (Å²) in [6, 6.07) is 3.26. The Bertz CT molecular complexity index is 291. The van der Waals surface area contributed by atoms with Gasteiger partial charge < -0.3 is 4.90 Å². The van der Waals surface area contributed by atoms with Gasteiger partial charge >= 0.3 is 0 Å². The molecule has 1 aliphatic rings. The molecule has 19 heavy (non-hydrogen) atoms. The van der Waals surface area contributed by atoms with Crippen LogP contribution in [0.15, 0.2) is 0 Å². The van der Waals surface area contributed by atoms with E-state index in [9.17, 15) is 5.26 Å². The van der Waals surface area contributed by atoms with E-state index >= 15 is 0 Å². The molecule has 0 aromatic rings. The van der Waals surface area contributed by atoms with Crippen LogP contribution in [0.25, 0.3) is 0 Å². The minimum Gasteiger partial charge on any atom is -0.300 e. The summed E-state index contributed by atoms with van der Waals surface area (Å²) in [5.41, 5.74) is -0.345. The number of hydrogen-bond acceptors (Lipinski definition) is 3. The van der Waals surface area contributed by atoms with Crippen LogP contribution in [0.4, 0.5) is 0 Å². The van der Waals surface area contributed by atoms with E-state index in [0.717, 1.165) is 37.9 Å². The molecule has 1 atom stereocenters. The van der Waals surface area contributed by atoms with Gasteiger partial charge in [0, 0.05) is 6.04 Å². The Labute approximate surface area is 119 Å². The summed E-state index contributed by atoms with van der Waals surface area (Å²) in [4.78, 5) is 2.64. The molecular weight excluding hydrogens is 234 g/mol. The number of rotatable bonds is 10. The highest BCUT2D eigenvalue weighted by Crippen LogP contribution is 2.28. The van der Waals surface area contributed by atoms with Crippen molar-refractivity contribution in [3.63, 3.8) is 0 Å². The van der Waals surface area contributed by atoms with Gasteiger partial charge in [-0.1, -0.05) is 20.8 Å². The van der Waals surface area contributed by atoms with Crippen molar-refractivity contribution in [1.29, 1.82) is 5.26 Å². The summed E-state index contributed by atoms with van der Waals surface area (Å²) in [6.07, 6.45) is 6.11. The highest BCUT2D eigenvalue weighted by atomic mass is 15.2. The molecule has 0 aliphatic heterocycles. The van der Waals surface area contributed by atoms with Crippen LogP contribution in [0.1, 0.15) is 59.8 Å². The molecule has 1 saturated carbocycles. The van der Waals surface area contributed by atoms with Crippen LogP contribution in [0.3, 0.4) is 0 Å². The van der Waals surface area contributed by atoms with Crippen molar-refractivity contribution in [3.8, 4) is 6.07 Å². The maximum absolute atomic E-state index is 9.25. The van der Waals surface area contributed by atoms with Crippen molar-refractivity contribution >= 4 is 0 Å². The first-order valence-corrected chi connectivity index (χ1v) is 7.91. The summed E-state index contributed by atoms with van der Waals surface area (Å²) < 4.78 is 0. The molecule has 1 aliphatic carbocycles. The summed E-state index contributed by atoms with van der Waals surface area (Å²) in [7, 11) is 0. The Morgan fingerprint density at radius 3 is 2.53 bits per heavy atom. The van der Waals surface area contributed by atoms with E-state index < -0.39 is 0 Å². The first kappa shape index (κ1) is 16.5. The molecule has 0 saturated heterocycles. The van der Waals surface area contributed by atoms with Crippen LogP contribution >= 0.6 is 0 Å². The molecule has 0 heterocycles. The average Bonchev–Trinajstić information content (AvgIpc) is 3.18. The van der Waals surface area contributed by atoms with Crippen LogP contribution in [-0.4, -0.2) is 36.1 Å². The average molecular weight is 265 g/mol. The first-order valence-electron chi connectivity index (χ1n) is 7.91. The molecule has 3 nitrogen and oxygen atoms in total. The van der Waals surface area contributed by atoms with Gasteiger partial charge in [-0.2, -0.15) is 5.26 Å². The number of nitrogens with one attached hydrogen (secondary N) is 1. The lowest BCUT2D eigenvalue weighted by molar-refractivity contribution is 0.235. The van der Waals surface area contributed by atoms with Gasteiger partial charge in [0.15, 0.2) is 0 Å². The largest absolute Gasteiger partial charge is 0.300 e. The van der Waals surface area contributed by atoms with Crippen LogP contribution in [-0.2, 0) is 0 Å². The van der Waals surface area contributed by atoms with E-state index in [1.54, 1.807) is 0 Å². The molecule has 0 spiro atoms. The molecule has 1 rings (SSSR count). The summed E-state index contributed by atoms with van der Waals surface area (Å²) in [5.74, 6) is 0.785. The lowest BCUT2D eigenvalue weighted by Crippen LogP contribution is -2.41. The number of hydrogen-bond donors (Lipinski definition) is 1. The maximum atomic E-state index is 9.25. The molecule has 1 fully saturated rings. The van der Waals surface area contributed by atoms with Gasteiger partial charge in [0.1, 0.15) is 5.54 Å². The van der Waals surface area contributed by atoms with Gasteiger partial charge in [-0.15, -0.1) is 0 Å². The van der Waals surface area contributed by atoms with E-state index in [1.165, 1.54) is 25.8 Å². The van der Waals surface area contributed by atoms with Gasteiger partial charge in [-0.05, 0) is 64.6 Å². The molecular formula is C16H31N3. The summed E-state index contributed by atoms with van der Waals surface area (Å²) in [5, 5.41) is 12.6. The minimum atomic E-state index is -0.345. The zero-order chi connectivity index (χ0) is 14.3. The summed E-state index contributed by atoms with van der Waals surface area (Å²) in [6.45, 7) is 11.9. The predicted octanol–water partition coefficient (Wildman–Crippen LogP) is 3.17. The second-order valence-corrected chi connectivity index (χ2v) is 6.53. The molecule has 0 aromatic carbocycles. The Balaban J connectivity index is 2.30. The zero-order valence-corrected chi connectivity index (χ0v) is 13.2. The van der Waals surface area contributed by atoms with Crippen LogP contribution in [0.2, 0.25) is 0 Å². The molecule has 1 unspecified atom stereocenters. The molecule has 0 bridgehead atoms. The zero-order valence-electron chi connectivity index (χ0n) is 13.2. The van der Waals surface area contributed by atoms with Crippen molar-refractivity contribution in [2.75, 3.05) is 19.6 Å². The molecule has 3 heteroatoms. The Kier molecular flexibility index (Phi) is 6.82. The molecule has 110 valence electrons. The molecule has 0 aromatic heterocycles. The quantitative estimate of drug-likeness (QED) is 0.659. The monoisotopic (exact) mass is 265 g/mol. The Hall–Kier alpha value is -0.590. The fourth-order valence-electron chi connectivity index (χ4n) is 2.55. The maximum Gasteiger partial charge on any atom is 0.103 e. The molecule has 1 N–H and O–H groups in total. The van der Waals surface area contributed by atoms with Crippen molar-refractivity contribution in [1.82, 2.24) is 10.2 Å². The van der Waals surface area contributed by atoms with Gasteiger partial charge in [-0.25, -0.2) is 0 Å². The van der Waals surface area contributed by atoms with E-state index in [2.05, 4.69) is 37.1 Å². The van der Waals surface area contributed by atoms with Gasteiger partial charge in [0.2, 0.25) is 0 Å². The van der Waals surface area contributed by atoms with E-state index in [-0.39, 0.29) is 5.54 Å². The fourth-order valence-corrected chi connectivity index (χ4v) is 2.55. The van der Waals surface area contributed by atoms with Gasteiger partial charge in [-0.3, -0.25) is 5.32 Å². The standard InChI is InChI=1S/C16H31N3/c1-5-18-16(4,13-17)10-6-11-19(15-7-8-15)12-9-14(2)3/h14-15,18H,5-12H2,1-4H3. The lowest BCUT2D eigenvalue weighted by atomic mass is 9.97. The van der Waals surface area contributed by atoms with Crippen LogP contribution in [0.5, 0.6) is 0 Å². The second kappa shape index (κ2) is 7.87. The third-order valence-corrected chi connectivity index (χ3v) is 3.99. The second-order valence-electron chi connectivity index (χ2n) is 6.53. The van der Waals surface area contributed by atoms with Crippen molar-refractivity contribution in [2.45, 2.75) is 71.4 Å². The summed E-state index contributed by atoms with van der Waals surface area (Å²) >= 11 is 0. The van der Waals surface area contributed by atoms with Crippen molar-refractivity contribution in [2.24, 2.45) is 5.92 Å². The topological polar surface area (TPSA) is 39.1 Å². The van der Waals surface area contributed by atoms with E-state index in [1.807, 2.05) is 6.92 Å². The van der Waals surface area contributed by atoms with Gasteiger partial charge in [0.05, 0.1) is 6.07 Å². The normalized spacial score (nSPS) is 18.6. The molecule has 0 amide bonds.